The van der Waals surface area contributed by atoms with Crippen LogP contribution in [0.3, 0.4) is 0 Å². The van der Waals surface area contributed by atoms with Gasteiger partial charge in [-0.15, -0.1) is 0 Å². The predicted molar refractivity (Wildman–Crippen MR) is 79.8 cm³/mol. The third-order valence-electron chi connectivity index (χ3n) is 2.98. The van der Waals surface area contributed by atoms with Crippen LogP contribution in [0.5, 0.6) is 0 Å². The van der Waals surface area contributed by atoms with Crippen molar-refractivity contribution in [2.24, 2.45) is 0 Å². The Labute approximate surface area is 117 Å². The molecule has 19 heavy (non-hydrogen) atoms. The van der Waals surface area contributed by atoms with Gasteiger partial charge in [0.25, 0.3) is 5.91 Å². The Morgan fingerprint density at radius 1 is 1.21 bits per heavy atom. The molecule has 0 unspecified atom stereocenters. The topological polar surface area (TPSA) is 46.3 Å². The molecule has 0 aromatic heterocycles. The van der Waals surface area contributed by atoms with Gasteiger partial charge in [-0.05, 0) is 36.8 Å². The molecule has 4 heteroatoms. The predicted octanol–water partition coefficient (Wildman–Crippen LogP) is 3.51. The van der Waals surface area contributed by atoms with E-state index in [0.29, 0.717) is 16.3 Å². The molecule has 0 atom stereocenters. The fourth-order valence-electron chi connectivity index (χ4n) is 1.86. The van der Waals surface area contributed by atoms with E-state index in [2.05, 4.69) is 0 Å². The Bertz CT molecular complexity index is 625. The molecule has 0 saturated heterocycles. The number of nitrogens with two attached hydrogens (primary N) is 1. The van der Waals surface area contributed by atoms with E-state index in [4.69, 9.17) is 17.3 Å². The molecule has 0 aliphatic rings. The third-order valence-corrected chi connectivity index (χ3v) is 3.31. The van der Waals surface area contributed by atoms with Crippen molar-refractivity contribution in [3.63, 3.8) is 0 Å². The average Bonchev–Trinajstić information content (AvgIpc) is 2.40. The van der Waals surface area contributed by atoms with Crippen LogP contribution in [0.15, 0.2) is 42.5 Å². The maximum absolute atomic E-state index is 12.4. The molecule has 0 saturated carbocycles. The summed E-state index contributed by atoms with van der Waals surface area (Å²) >= 11 is 5.94. The molecular weight excluding hydrogens is 260 g/mol. The molecular formula is C15H15ClN2O. The lowest BCUT2D eigenvalue weighted by atomic mass is 10.1. The molecule has 0 heterocycles. The number of aryl methyl sites for hydroxylation is 1. The minimum absolute atomic E-state index is 0.175. The van der Waals surface area contributed by atoms with Crippen LogP contribution < -0.4 is 10.6 Å². The van der Waals surface area contributed by atoms with Crippen molar-refractivity contribution in [1.82, 2.24) is 0 Å². The van der Waals surface area contributed by atoms with Crippen LogP contribution in [0.4, 0.5) is 11.4 Å². The molecule has 0 bridgehead atoms. The highest BCUT2D eigenvalue weighted by molar-refractivity contribution is 6.34. The van der Waals surface area contributed by atoms with Gasteiger partial charge in [0.2, 0.25) is 0 Å². The number of amides is 1. The van der Waals surface area contributed by atoms with Gasteiger partial charge in [-0.25, -0.2) is 0 Å². The lowest BCUT2D eigenvalue weighted by Crippen LogP contribution is -2.27. The number of anilines is 2. The quantitative estimate of drug-likeness (QED) is 0.852. The summed E-state index contributed by atoms with van der Waals surface area (Å²) in [6, 6.07) is 12.8. The molecule has 98 valence electrons. The number of nitrogen functional groups attached to an aromatic ring is 1. The molecule has 1 amide bonds. The van der Waals surface area contributed by atoms with E-state index in [9.17, 15) is 4.79 Å². The average molecular weight is 275 g/mol. The molecule has 0 fully saturated rings. The molecule has 0 spiro atoms. The van der Waals surface area contributed by atoms with Crippen molar-refractivity contribution in [2.75, 3.05) is 17.7 Å². The van der Waals surface area contributed by atoms with Crippen LogP contribution in [0.25, 0.3) is 0 Å². The van der Waals surface area contributed by atoms with Crippen molar-refractivity contribution in [3.05, 3.63) is 58.6 Å². The summed E-state index contributed by atoms with van der Waals surface area (Å²) in [4.78, 5) is 14.0. The second-order valence-electron chi connectivity index (χ2n) is 4.40. The van der Waals surface area contributed by atoms with E-state index in [-0.39, 0.29) is 5.91 Å². The van der Waals surface area contributed by atoms with Crippen LogP contribution in [0.1, 0.15) is 15.9 Å². The Morgan fingerprint density at radius 2 is 1.89 bits per heavy atom. The van der Waals surface area contributed by atoms with Gasteiger partial charge in [-0.3, -0.25) is 4.79 Å². The Hall–Kier alpha value is -2.00. The molecule has 3 nitrogen and oxygen atoms in total. The summed E-state index contributed by atoms with van der Waals surface area (Å²) in [5.74, 6) is -0.175. The number of rotatable bonds is 2. The van der Waals surface area contributed by atoms with Crippen LogP contribution in [0, 0.1) is 6.92 Å². The fourth-order valence-corrected chi connectivity index (χ4v) is 2.03. The van der Waals surface area contributed by atoms with E-state index in [1.165, 1.54) is 0 Å². The number of benzene rings is 2. The Morgan fingerprint density at radius 3 is 2.58 bits per heavy atom. The number of nitrogens with zero attached hydrogens (tertiary/aromatic N) is 1. The SMILES string of the molecule is Cc1cccc(N(C)C(=O)c2cccc(Cl)c2N)c1. The largest absolute Gasteiger partial charge is 0.397 e. The smallest absolute Gasteiger partial charge is 0.260 e. The highest BCUT2D eigenvalue weighted by Gasteiger charge is 2.17. The number of hydrogen-bond donors (Lipinski definition) is 1. The molecule has 0 aliphatic heterocycles. The van der Waals surface area contributed by atoms with Crippen LogP contribution in [-0.4, -0.2) is 13.0 Å². The van der Waals surface area contributed by atoms with Gasteiger partial charge < -0.3 is 10.6 Å². The second kappa shape index (κ2) is 5.33. The van der Waals surface area contributed by atoms with Gasteiger partial charge in [0.15, 0.2) is 0 Å². The zero-order valence-corrected chi connectivity index (χ0v) is 11.6. The molecule has 2 aromatic carbocycles. The first-order valence-electron chi connectivity index (χ1n) is 5.89. The van der Waals surface area contributed by atoms with E-state index in [0.717, 1.165) is 11.3 Å². The van der Waals surface area contributed by atoms with E-state index in [1.54, 1.807) is 30.1 Å². The van der Waals surface area contributed by atoms with Crippen molar-refractivity contribution in [3.8, 4) is 0 Å². The van der Waals surface area contributed by atoms with Gasteiger partial charge in [0.1, 0.15) is 0 Å². The van der Waals surface area contributed by atoms with Crippen LogP contribution in [0.2, 0.25) is 5.02 Å². The summed E-state index contributed by atoms with van der Waals surface area (Å²) < 4.78 is 0. The highest BCUT2D eigenvalue weighted by Crippen LogP contribution is 2.25. The number of carbonyl (C=O) groups is 1. The van der Waals surface area contributed by atoms with Gasteiger partial charge >= 0.3 is 0 Å². The van der Waals surface area contributed by atoms with Crippen molar-refractivity contribution in [2.45, 2.75) is 6.92 Å². The van der Waals surface area contributed by atoms with Gasteiger partial charge in [0.05, 0.1) is 16.3 Å². The standard InChI is InChI=1S/C15H15ClN2O/c1-10-5-3-6-11(9-10)18(2)15(19)12-7-4-8-13(16)14(12)17/h3-9H,17H2,1-2H3. The maximum atomic E-state index is 12.4. The minimum Gasteiger partial charge on any atom is -0.397 e. The van der Waals surface area contributed by atoms with Gasteiger partial charge in [-0.1, -0.05) is 29.8 Å². The zero-order valence-electron chi connectivity index (χ0n) is 10.9. The molecule has 2 aromatic rings. The summed E-state index contributed by atoms with van der Waals surface area (Å²) in [6.45, 7) is 1.98. The van der Waals surface area contributed by atoms with Crippen LogP contribution in [-0.2, 0) is 0 Å². The maximum Gasteiger partial charge on any atom is 0.260 e. The Kier molecular flexibility index (Phi) is 3.76. The number of halogens is 1. The lowest BCUT2D eigenvalue weighted by molar-refractivity contribution is 0.0994. The summed E-state index contributed by atoms with van der Waals surface area (Å²) in [7, 11) is 1.72. The summed E-state index contributed by atoms with van der Waals surface area (Å²) in [6.07, 6.45) is 0. The van der Waals surface area contributed by atoms with Gasteiger partial charge in [0, 0.05) is 12.7 Å². The van der Waals surface area contributed by atoms with Crippen molar-refractivity contribution in [1.29, 1.82) is 0 Å². The monoisotopic (exact) mass is 274 g/mol. The molecule has 0 aliphatic carbocycles. The highest BCUT2D eigenvalue weighted by atomic mass is 35.5. The zero-order chi connectivity index (χ0) is 14.0. The first-order valence-corrected chi connectivity index (χ1v) is 6.27. The van der Waals surface area contributed by atoms with Gasteiger partial charge in [-0.2, -0.15) is 0 Å². The van der Waals surface area contributed by atoms with Crippen LogP contribution >= 0.6 is 11.6 Å². The summed E-state index contributed by atoms with van der Waals surface area (Å²) in [5, 5.41) is 0.392. The minimum atomic E-state index is -0.175. The second-order valence-corrected chi connectivity index (χ2v) is 4.81. The summed E-state index contributed by atoms with van der Waals surface area (Å²) in [5.41, 5.74) is 8.49. The molecule has 2 rings (SSSR count). The van der Waals surface area contributed by atoms with Crippen molar-refractivity contribution >= 4 is 28.9 Å². The lowest BCUT2D eigenvalue weighted by Gasteiger charge is -2.19. The van der Waals surface area contributed by atoms with E-state index >= 15 is 0 Å². The number of hydrogen-bond acceptors (Lipinski definition) is 2. The van der Waals surface area contributed by atoms with Crippen molar-refractivity contribution < 1.29 is 4.79 Å². The number of para-hydroxylation sites is 1. The third kappa shape index (κ3) is 2.71. The first-order chi connectivity index (χ1) is 9.00. The Balaban J connectivity index is 2.36. The molecule has 2 N–H and O–H groups in total. The fraction of sp³-hybridized carbons (Fsp3) is 0.133. The van der Waals surface area contributed by atoms with E-state index in [1.807, 2.05) is 31.2 Å². The molecule has 0 radical (unpaired) electrons. The number of carbonyl (C=O) groups excluding carboxylic acids is 1. The normalized spacial score (nSPS) is 10.3. The first kappa shape index (κ1) is 13.4. The van der Waals surface area contributed by atoms with E-state index < -0.39 is 0 Å².